The number of aromatic nitrogens is 2. The van der Waals surface area contributed by atoms with Crippen LogP contribution in [0.5, 0.6) is 11.5 Å². The van der Waals surface area contributed by atoms with Crippen molar-refractivity contribution in [3.8, 4) is 11.5 Å². The summed E-state index contributed by atoms with van der Waals surface area (Å²) in [7, 11) is -0.598. The van der Waals surface area contributed by atoms with Gasteiger partial charge in [-0.2, -0.15) is 0 Å². The highest BCUT2D eigenvalue weighted by Crippen LogP contribution is 2.34. The van der Waals surface area contributed by atoms with Crippen molar-refractivity contribution in [1.82, 2.24) is 9.97 Å². The van der Waals surface area contributed by atoms with Gasteiger partial charge in [-0.15, -0.1) is 0 Å². The van der Waals surface area contributed by atoms with Gasteiger partial charge < -0.3 is 14.8 Å². The van der Waals surface area contributed by atoms with Gasteiger partial charge >= 0.3 is 0 Å². The van der Waals surface area contributed by atoms with Gasteiger partial charge in [0.1, 0.15) is 12.1 Å². The average Bonchev–Trinajstić information content (AvgIpc) is 2.79. The number of hydrogen-bond acceptors (Lipinski definition) is 7. The number of hydrogen-bond donors (Lipinski definition) is 2. The summed E-state index contributed by atoms with van der Waals surface area (Å²) in [5.41, 5.74) is 1.83. The molecule has 0 saturated carbocycles. The summed E-state index contributed by atoms with van der Waals surface area (Å²) >= 11 is 5.83. The zero-order valence-corrected chi connectivity index (χ0v) is 18.7. The Bertz CT molecular complexity index is 1360. The maximum Gasteiger partial charge on any atom is 0.261 e. The largest absolute Gasteiger partial charge is 0.493 e. The standard InChI is InChI=1S/C22H19ClN4O4S/c1-30-20-11-18-19(12-21(20)31-2)24-13-25-22(18)26-15-5-7-16(8-6-15)27-32(28,29)17-9-3-14(23)4-10-17/h3-13,27H,1-2H3,(H,24,25,26). The molecule has 8 nitrogen and oxygen atoms in total. The lowest BCUT2D eigenvalue weighted by molar-refractivity contribution is 0.356. The van der Waals surface area contributed by atoms with Crippen LogP contribution in [-0.4, -0.2) is 32.6 Å². The van der Waals surface area contributed by atoms with Crippen molar-refractivity contribution in [1.29, 1.82) is 0 Å². The Kier molecular flexibility index (Phi) is 6.02. The number of anilines is 3. The third-order valence-electron chi connectivity index (χ3n) is 4.66. The van der Waals surface area contributed by atoms with Gasteiger partial charge in [0.05, 0.1) is 24.6 Å². The van der Waals surface area contributed by atoms with E-state index in [1.807, 2.05) is 0 Å². The fourth-order valence-corrected chi connectivity index (χ4v) is 4.25. The van der Waals surface area contributed by atoms with Crippen LogP contribution in [0.2, 0.25) is 5.02 Å². The van der Waals surface area contributed by atoms with E-state index in [9.17, 15) is 8.42 Å². The van der Waals surface area contributed by atoms with Crippen molar-refractivity contribution >= 4 is 49.7 Å². The second kappa shape index (κ2) is 8.89. The third kappa shape index (κ3) is 4.53. The van der Waals surface area contributed by atoms with Gasteiger partial charge in [-0.05, 0) is 54.6 Å². The molecule has 2 N–H and O–H groups in total. The summed E-state index contributed by atoms with van der Waals surface area (Å²) in [5.74, 6) is 1.71. The van der Waals surface area contributed by atoms with E-state index in [1.165, 1.54) is 30.6 Å². The predicted octanol–water partition coefficient (Wildman–Crippen LogP) is 4.84. The van der Waals surface area contributed by atoms with Gasteiger partial charge in [0.25, 0.3) is 10.0 Å². The molecular formula is C22H19ClN4O4S. The van der Waals surface area contributed by atoms with Crippen LogP contribution < -0.4 is 19.5 Å². The molecule has 0 unspecified atom stereocenters. The molecule has 0 saturated heterocycles. The van der Waals surface area contributed by atoms with Gasteiger partial charge in [0.15, 0.2) is 11.5 Å². The first kappa shape index (κ1) is 21.7. The van der Waals surface area contributed by atoms with Crippen molar-refractivity contribution in [3.63, 3.8) is 0 Å². The molecule has 10 heteroatoms. The number of methoxy groups -OCH3 is 2. The summed E-state index contributed by atoms with van der Waals surface area (Å²) < 4.78 is 38.3. The highest BCUT2D eigenvalue weighted by Gasteiger charge is 2.14. The molecule has 4 aromatic rings. The second-order valence-electron chi connectivity index (χ2n) is 6.71. The molecule has 0 spiro atoms. The minimum atomic E-state index is -3.72. The van der Waals surface area contributed by atoms with E-state index < -0.39 is 10.0 Å². The number of benzene rings is 3. The minimum Gasteiger partial charge on any atom is -0.493 e. The minimum absolute atomic E-state index is 0.126. The van der Waals surface area contributed by atoms with E-state index in [-0.39, 0.29) is 4.90 Å². The topological polar surface area (TPSA) is 102 Å². The molecule has 0 aliphatic carbocycles. The molecular weight excluding hydrogens is 452 g/mol. The molecule has 0 fully saturated rings. The molecule has 0 bridgehead atoms. The molecule has 0 aliphatic heterocycles. The van der Waals surface area contributed by atoms with Gasteiger partial charge in [0, 0.05) is 27.8 Å². The van der Waals surface area contributed by atoms with Crippen LogP contribution in [-0.2, 0) is 10.0 Å². The Labute approximate surface area is 190 Å². The lowest BCUT2D eigenvalue weighted by Gasteiger charge is -2.13. The summed E-state index contributed by atoms with van der Waals surface area (Å²) in [4.78, 5) is 8.73. The number of halogens is 1. The molecule has 1 aromatic heterocycles. The fraction of sp³-hybridized carbons (Fsp3) is 0.0909. The third-order valence-corrected chi connectivity index (χ3v) is 6.31. The Morgan fingerprint density at radius 1 is 0.844 bits per heavy atom. The molecule has 1 heterocycles. The van der Waals surface area contributed by atoms with E-state index in [1.54, 1.807) is 50.6 Å². The lowest BCUT2D eigenvalue weighted by Crippen LogP contribution is -2.12. The quantitative estimate of drug-likeness (QED) is 0.398. The summed E-state index contributed by atoms with van der Waals surface area (Å²) in [6.45, 7) is 0. The normalized spacial score (nSPS) is 11.2. The summed E-state index contributed by atoms with van der Waals surface area (Å²) in [5, 5.41) is 4.44. The van der Waals surface area contributed by atoms with E-state index >= 15 is 0 Å². The smallest absolute Gasteiger partial charge is 0.261 e. The first-order chi connectivity index (χ1) is 15.4. The van der Waals surface area contributed by atoms with Gasteiger partial charge in [-0.3, -0.25) is 4.72 Å². The van der Waals surface area contributed by atoms with E-state index in [2.05, 4.69) is 20.0 Å². The molecule has 0 amide bonds. The molecule has 0 atom stereocenters. The Morgan fingerprint density at radius 3 is 2.12 bits per heavy atom. The maximum absolute atomic E-state index is 12.5. The Hall–Kier alpha value is -3.56. The van der Waals surface area contributed by atoms with Crippen LogP contribution in [0.25, 0.3) is 10.9 Å². The van der Waals surface area contributed by atoms with Crippen LogP contribution in [0.3, 0.4) is 0 Å². The molecule has 0 radical (unpaired) electrons. The monoisotopic (exact) mass is 470 g/mol. The summed E-state index contributed by atoms with van der Waals surface area (Å²) in [6.07, 6.45) is 1.45. The summed E-state index contributed by atoms with van der Waals surface area (Å²) in [6, 6.07) is 16.3. The van der Waals surface area contributed by atoms with Crippen LogP contribution in [0.15, 0.2) is 71.9 Å². The first-order valence-corrected chi connectivity index (χ1v) is 11.3. The fourth-order valence-electron chi connectivity index (χ4n) is 3.07. The van der Waals surface area contributed by atoms with Crippen LogP contribution in [0.1, 0.15) is 0 Å². The van der Waals surface area contributed by atoms with Gasteiger partial charge in [-0.25, -0.2) is 18.4 Å². The lowest BCUT2D eigenvalue weighted by atomic mass is 10.2. The first-order valence-electron chi connectivity index (χ1n) is 9.42. The number of rotatable bonds is 7. The van der Waals surface area contributed by atoms with Crippen molar-refractivity contribution < 1.29 is 17.9 Å². The van der Waals surface area contributed by atoms with Gasteiger partial charge in [0.2, 0.25) is 0 Å². The number of ether oxygens (including phenoxy) is 2. The van der Waals surface area contributed by atoms with Crippen LogP contribution in [0, 0.1) is 0 Å². The molecule has 0 aliphatic rings. The second-order valence-corrected chi connectivity index (χ2v) is 8.83. The van der Waals surface area contributed by atoms with Crippen molar-refractivity contribution in [2.75, 3.05) is 24.3 Å². The highest BCUT2D eigenvalue weighted by molar-refractivity contribution is 7.92. The molecule has 3 aromatic carbocycles. The number of fused-ring (bicyclic) bond motifs is 1. The number of nitrogens with zero attached hydrogens (tertiary/aromatic N) is 2. The van der Waals surface area contributed by atoms with E-state index in [0.717, 1.165) is 5.39 Å². The Balaban J connectivity index is 1.56. The van der Waals surface area contributed by atoms with Crippen molar-refractivity contribution in [2.24, 2.45) is 0 Å². The van der Waals surface area contributed by atoms with E-state index in [4.69, 9.17) is 21.1 Å². The van der Waals surface area contributed by atoms with Crippen LogP contribution in [0.4, 0.5) is 17.2 Å². The molecule has 32 heavy (non-hydrogen) atoms. The number of nitrogens with one attached hydrogen (secondary N) is 2. The van der Waals surface area contributed by atoms with E-state index in [0.29, 0.717) is 39.2 Å². The van der Waals surface area contributed by atoms with Crippen molar-refractivity contribution in [2.45, 2.75) is 4.90 Å². The maximum atomic E-state index is 12.5. The Morgan fingerprint density at radius 2 is 1.47 bits per heavy atom. The molecule has 164 valence electrons. The predicted molar refractivity (Wildman–Crippen MR) is 125 cm³/mol. The van der Waals surface area contributed by atoms with Gasteiger partial charge in [-0.1, -0.05) is 11.6 Å². The SMILES string of the molecule is COc1cc2ncnc(Nc3ccc(NS(=O)(=O)c4ccc(Cl)cc4)cc3)c2cc1OC. The zero-order valence-electron chi connectivity index (χ0n) is 17.2. The average molecular weight is 471 g/mol. The van der Waals surface area contributed by atoms with Crippen molar-refractivity contribution in [3.05, 3.63) is 72.0 Å². The van der Waals surface area contributed by atoms with Crippen LogP contribution >= 0.6 is 11.6 Å². The zero-order chi connectivity index (χ0) is 22.7. The molecule has 4 rings (SSSR count). The number of sulfonamides is 1. The highest BCUT2D eigenvalue weighted by atomic mass is 35.5.